The van der Waals surface area contributed by atoms with E-state index in [2.05, 4.69) is 17.2 Å². The van der Waals surface area contributed by atoms with Crippen molar-refractivity contribution in [2.45, 2.75) is 59.5 Å². The molecule has 0 radical (unpaired) electrons. The number of H-pyrrole nitrogens is 1. The summed E-state index contributed by atoms with van der Waals surface area (Å²) < 4.78 is 18.2. The Morgan fingerprint density at radius 3 is 2.51 bits per heavy atom. The predicted octanol–water partition coefficient (Wildman–Crippen LogP) is 6.36. The molecular formula is C32H34N2O5. The number of carbonyl (C=O) groups is 2. The van der Waals surface area contributed by atoms with E-state index >= 15 is 0 Å². The quantitative estimate of drug-likeness (QED) is 0.216. The number of esters is 1. The van der Waals surface area contributed by atoms with Gasteiger partial charge in [0.15, 0.2) is 0 Å². The standard InChI is InChI=1S/C32H34N2O5/c1-19-20(2)31-26(21(3)30(19)38-22(4)35)14-15-32(5,39-31)18-37-25-12-10-24(11-13-25)34-29(36)16-23-17-33-28-9-7-6-8-27(23)28/h6-13,17,33H,14-16,18H2,1-5H3,(H,34,36). The Balaban J connectivity index is 1.20. The number of hydrogen-bond acceptors (Lipinski definition) is 5. The first-order chi connectivity index (χ1) is 18.6. The average molecular weight is 527 g/mol. The van der Waals surface area contributed by atoms with Crippen LogP contribution in [-0.4, -0.2) is 29.1 Å². The minimum Gasteiger partial charge on any atom is -0.489 e. The molecule has 202 valence electrons. The summed E-state index contributed by atoms with van der Waals surface area (Å²) in [6, 6.07) is 15.3. The van der Waals surface area contributed by atoms with Crippen LogP contribution < -0.4 is 19.5 Å². The van der Waals surface area contributed by atoms with Crippen molar-refractivity contribution in [1.29, 1.82) is 0 Å². The van der Waals surface area contributed by atoms with E-state index in [1.165, 1.54) is 6.92 Å². The van der Waals surface area contributed by atoms with E-state index in [1.54, 1.807) is 0 Å². The SMILES string of the molecule is CC(=O)Oc1c(C)c(C)c2c(c1C)CCC(C)(COc1ccc(NC(=O)Cc3c[nH]c4ccccc34)cc1)O2. The maximum Gasteiger partial charge on any atom is 0.308 e. The highest BCUT2D eigenvalue weighted by molar-refractivity contribution is 5.95. The first-order valence-electron chi connectivity index (χ1n) is 13.2. The number of nitrogens with one attached hydrogen (secondary N) is 2. The minimum atomic E-state index is -0.508. The van der Waals surface area contributed by atoms with Gasteiger partial charge in [0.1, 0.15) is 29.5 Å². The lowest BCUT2D eigenvalue weighted by Crippen LogP contribution is -2.42. The summed E-state index contributed by atoms with van der Waals surface area (Å²) in [6.45, 7) is 9.78. The second kappa shape index (κ2) is 10.5. The molecule has 1 aliphatic heterocycles. The van der Waals surface area contributed by atoms with Gasteiger partial charge in [-0.1, -0.05) is 18.2 Å². The maximum absolute atomic E-state index is 12.6. The van der Waals surface area contributed by atoms with Gasteiger partial charge in [0.2, 0.25) is 5.91 Å². The fraction of sp³-hybridized carbons (Fsp3) is 0.312. The predicted molar refractivity (Wildman–Crippen MR) is 152 cm³/mol. The lowest BCUT2D eigenvalue weighted by Gasteiger charge is -2.37. The molecule has 0 bridgehead atoms. The van der Waals surface area contributed by atoms with Crippen molar-refractivity contribution in [3.05, 3.63) is 82.5 Å². The minimum absolute atomic E-state index is 0.0759. The molecule has 2 heterocycles. The maximum atomic E-state index is 12.6. The average Bonchev–Trinajstić information content (AvgIpc) is 3.32. The summed E-state index contributed by atoms with van der Waals surface area (Å²) in [7, 11) is 0. The highest BCUT2D eigenvalue weighted by atomic mass is 16.5. The van der Waals surface area contributed by atoms with Crippen LogP contribution in [0.3, 0.4) is 0 Å². The molecule has 1 unspecified atom stereocenters. The zero-order chi connectivity index (χ0) is 27.7. The Kier molecular flexibility index (Phi) is 7.08. The third kappa shape index (κ3) is 5.48. The van der Waals surface area contributed by atoms with Gasteiger partial charge >= 0.3 is 5.97 Å². The molecule has 0 aliphatic carbocycles. The zero-order valence-corrected chi connectivity index (χ0v) is 23.1. The normalized spacial score (nSPS) is 16.3. The van der Waals surface area contributed by atoms with Gasteiger partial charge in [-0.3, -0.25) is 9.59 Å². The number of amides is 1. The molecule has 1 atom stereocenters. The van der Waals surface area contributed by atoms with E-state index in [-0.39, 0.29) is 11.9 Å². The Morgan fingerprint density at radius 1 is 1.03 bits per heavy atom. The molecule has 0 saturated heterocycles. The monoisotopic (exact) mass is 526 g/mol. The Morgan fingerprint density at radius 2 is 1.77 bits per heavy atom. The third-order valence-corrected chi connectivity index (χ3v) is 7.52. The van der Waals surface area contributed by atoms with Crippen molar-refractivity contribution in [1.82, 2.24) is 4.98 Å². The van der Waals surface area contributed by atoms with Crippen molar-refractivity contribution in [3.8, 4) is 17.2 Å². The molecule has 7 heteroatoms. The molecule has 4 aromatic rings. The summed E-state index contributed by atoms with van der Waals surface area (Å²) in [6.07, 6.45) is 3.75. The van der Waals surface area contributed by atoms with Crippen LogP contribution in [0.5, 0.6) is 17.2 Å². The van der Waals surface area contributed by atoms with Gasteiger partial charge in [-0.05, 0) is 93.1 Å². The summed E-state index contributed by atoms with van der Waals surface area (Å²) in [5.41, 5.74) is 6.12. The van der Waals surface area contributed by atoms with Crippen LogP contribution in [-0.2, 0) is 22.4 Å². The Hall–Kier alpha value is -4.26. The molecule has 0 saturated carbocycles. The molecule has 1 aliphatic rings. The molecule has 1 amide bonds. The molecule has 5 rings (SSSR count). The largest absolute Gasteiger partial charge is 0.489 e. The van der Waals surface area contributed by atoms with Gasteiger partial charge in [0, 0.05) is 35.3 Å². The van der Waals surface area contributed by atoms with Crippen LogP contribution in [0.15, 0.2) is 54.7 Å². The van der Waals surface area contributed by atoms with Crippen LogP contribution in [0.2, 0.25) is 0 Å². The van der Waals surface area contributed by atoms with Crippen LogP contribution in [0, 0.1) is 20.8 Å². The van der Waals surface area contributed by atoms with Crippen LogP contribution in [0.25, 0.3) is 10.9 Å². The van der Waals surface area contributed by atoms with Crippen LogP contribution >= 0.6 is 0 Å². The highest BCUT2D eigenvalue weighted by Crippen LogP contribution is 2.44. The second-order valence-electron chi connectivity index (χ2n) is 10.6. The third-order valence-electron chi connectivity index (χ3n) is 7.52. The number of aromatic nitrogens is 1. The number of benzene rings is 3. The van der Waals surface area contributed by atoms with Crippen molar-refractivity contribution in [2.24, 2.45) is 0 Å². The van der Waals surface area contributed by atoms with Gasteiger partial charge < -0.3 is 24.5 Å². The van der Waals surface area contributed by atoms with Crippen molar-refractivity contribution >= 4 is 28.5 Å². The summed E-state index contributed by atoms with van der Waals surface area (Å²) >= 11 is 0. The van der Waals surface area contributed by atoms with E-state index in [0.717, 1.165) is 57.3 Å². The molecule has 7 nitrogen and oxygen atoms in total. The number of anilines is 1. The molecular weight excluding hydrogens is 492 g/mol. The van der Waals surface area contributed by atoms with Gasteiger partial charge in [-0.25, -0.2) is 0 Å². The van der Waals surface area contributed by atoms with Crippen molar-refractivity contribution in [2.75, 3.05) is 11.9 Å². The van der Waals surface area contributed by atoms with Crippen LogP contribution in [0.1, 0.15) is 48.1 Å². The molecule has 1 aromatic heterocycles. The fourth-order valence-electron chi connectivity index (χ4n) is 5.21. The number of rotatable bonds is 7. The summed E-state index contributed by atoms with van der Waals surface area (Å²) in [5.74, 6) is 1.79. The fourth-order valence-corrected chi connectivity index (χ4v) is 5.21. The number of hydrogen-bond donors (Lipinski definition) is 2. The highest BCUT2D eigenvalue weighted by Gasteiger charge is 2.35. The Bertz CT molecular complexity index is 1550. The number of fused-ring (bicyclic) bond motifs is 2. The van der Waals surface area contributed by atoms with Crippen molar-refractivity contribution in [3.63, 3.8) is 0 Å². The molecule has 2 N–H and O–H groups in total. The number of ether oxygens (including phenoxy) is 3. The van der Waals surface area contributed by atoms with Gasteiger partial charge in [-0.2, -0.15) is 0 Å². The van der Waals surface area contributed by atoms with Crippen molar-refractivity contribution < 1.29 is 23.8 Å². The molecule has 3 aromatic carbocycles. The summed E-state index contributed by atoms with van der Waals surface area (Å²) in [5, 5.41) is 4.02. The Labute approximate surface area is 228 Å². The smallest absolute Gasteiger partial charge is 0.308 e. The first-order valence-corrected chi connectivity index (χ1v) is 13.2. The zero-order valence-electron chi connectivity index (χ0n) is 23.1. The van der Waals surface area contributed by atoms with E-state index in [1.807, 2.05) is 75.5 Å². The number of para-hydroxylation sites is 1. The van der Waals surface area contributed by atoms with E-state index in [4.69, 9.17) is 14.2 Å². The molecule has 0 spiro atoms. The first kappa shape index (κ1) is 26.4. The van der Waals surface area contributed by atoms with E-state index in [0.29, 0.717) is 30.2 Å². The lowest BCUT2D eigenvalue weighted by molar-refractivity contribution is -0.132. The molecule has 0 fully saturated rings. The van der Waals surface area contributed by atoms with Gasteiger partial charge in [0.05, 0.1) is 6.42 Å². The van der Waals surface area contributed by atoms with Gasteiger partial charge in [0.25, 0.3) is 0 Å². The van der Waals surface area contributed by atoms with Gasteiger partial charge in [-0.15, -0.1) is 0 Å². The summed E-state index contributed by atoms with van der Waals surface area (Å²) in [4.78, 5) is 27.5. The van der Waals surface area contributed by atoms with E-state index in [9.17, 15) is 9.59 Å². The van der Waals surface area contributed by atoms with E-state index < -0.39 is 5.60 Å². The number of carbonyl (C=O) groups excluding carboxylic acids is 2. The topological polar surface area (TPSA) is 89.6 Å². The lowest BCUT2D eigenvalue weighted by atomic mass is 9.87. The second-order valence-corrected chi connectivity index (χ2v) is 10.6. The van der Waals surface area contributed by atoms with Crippen LogP contribution in [0.4, 0.5) is 5.69 Å². The number of aromatic amines is 1. The molecule has 39 heavy (non-hydrogen) atoms.